The first-order chi connectivity index (χ1) is 13.4. The van der Waals surface area contributed by atoms with E-state index in [4.69, 9.17) is 14.6 Å². The summed E-state index contributed by atoms with van der Waals surface area (Å²) in [7, 11) is 0. The molecule has 0 spiro atoms. The zero-order valence-corrected chi connectivity index (χ0v) is 18.0. The molecule has 1 unspecified atom stereocenters. The Labute approximate surface area is 175 Å². The van der Waals surface area contributed by atoms with Crippen LogP contribution in [0.15, 0.2) is 26.8 Å². The van der Waals surface area contributed by atoms with E-state index in [-0.39, 0.29) is 17.5 Å². The number of carboxylic acid groups (broad SMARTS) is 1. The Morgan fingerprint density at radius 3 is 2.79 bits per heavy atom. The quantitative estimate of drug-likeness (QED) is 0.307. The number of carboxylic acids is 1. The predicted octanol–water partition coefficient (Wildman–Crippen LogP) is 3.42. The molecule has 1 fully saturated rings. The van der Waals surface area contributed by atoms with Gasteiger partial charge in [0.15, 0.2) is 16.7 Å². The average molecular weight is 472 g/mol. The zero-order chi connectivity index (χ0) is 20.5. The molecule has 2 rings (SSSR count). The molecule has 1 aliphatic rings. The summed E-state index contributed by atoms with van der Waals surface area (Å²) in [4.78, 5) is 22.5. The van der Waals surface area contributed by atoms with E-state index in [0.29, 0.717) is 24.7 Å². The second-order valence-electron chi connectivity index (χ2n) is 5.80. The molecule has 8 nitrogen and oxygen atoms in total. The van der Waals surface area contributed by atoms with Crippen molar-refractivity contribution in [2.75, 3.05) is 13.2 Å². The topological polar surface area (TPSA) is 110 Å². The molecule has 1 aliphatic heterocycles. The summed E-state index contributed by atoms with van der Waals surface area (Å²) in [6.45, 7) is 5.10. The molecular weight excluding hydrogens is 450 g/mol. The normalized spacial score (nSPS) is 17.9. The lowest BCUT2D eigenvalue weighted by molar-refractivity contribution is -0.138. The van der Waals surface area contributed by atoms with E-state index in [2.05, 4.69) is 38.4 Å². The minimum Gasteiger partial charge on any atom is -0.490 e. The smallest absolute Gasteiger partial charge is 0.305 e. The van der Waals surface area contributed by atoms with Gasteiger partial charge >= 0.3 is 5.97 Å². The number of amides is 1. The summed E-state index contributed by atoms with van der Waals surface area (Å²) in [5.41, 5.74) is 0.729. The van der Waals surface area contributed by atoms with Crippen LogP contribution in [0.5, 0.6) is 11.5 Å². The first-order valence-electron chi connectivity index (χ1n) is 8.84. The molecule has 0 radical (unpaired) electrons. The molecular formula is C18H22BrN3O5S. The van der Waals surface area contributed by atoms with Crippen LogP contribution in [0.3, 0.4) is 0 Å². The number of hydrogen-bond donors (Lipinski definition) is 2. The van der Waals surface area contributed by atoms with E-state index < -0.39 is 11.2 Å². The number of unbranched alkanes of at least 4 members (excludes halogenated alkanes) is 1. The number of benzene rings is 1. The predicted molar refractivity (Wildman–Crippen MR) is 113 cm³/mol. The first-order valence-corrected chi connectivity index (χ1v) is 10.5. The van der Waals surface area contributed by atoms with Gasteiger partial charge in [-0.1, -0.05) is 25.1 Å². The van der Waals surface area contributed by atoms with Crippen molar-refractivity contribution in [1.82, 2.24) is 5.32 Å². The van der Waals surface area contributed by atoms with Gasteiger partial charge < -0.3 is 19.9 Å². The number of rotatable bonds is 10. The summed E-state index contributed by atoms with van der Waals surface area (Å²) in [6.07, 6.45) is 3.25. The van der Waals surface area contributed by atoms with E-state index >= 15 is 0 Å². The molecule has 1 aromatic carbocycles. The Bertz CT molecular complexity index is 785. The maximum atomic E-state index is 11.7. The number of ether oxygens (including phenoxy) is 2. The summed E-state index contributed by atoms with van der Waals surface area (Å²) in [5.74, 6) is -0.150. The van der Waals surface area contributed by atoms with Crippen LogP contribution in [-0.4, -0.2) is 46.8 Å². The molecule has 1 amide bonds. The molecule has 0 aromatic heterocycles. The van der Waals surface area contributed by atoms with Crippen LogP contribution >= 0.6 is 27.7 Å². The monoisotopic (exact) mass is 471 g/mol. The number of nitrogens with zero attached hydrogens (tertiary/aromatic N) is 2. The number of halogens is 1. The summed E-state index contributed by atoms with van der Waals surface area (Å²) < 4.78 is 12.2. The Kier molecular flexibility index (Phi) is 8.78. The van der Waals surface area contributed by atoms with E-state index in [1.807, 2.05) is 13.0 Å². The number of thioether (sulfide) groups is 1. The van der Waals surface area contributed by atoms with Gasteiger partial charge in [0, 0.05) is 10.0 Å². The molecule has 0 saturated carbocycles. The molecule has 1 atom stereocenters. The van der Waals surface area contributed by atoms with Crippen molar-refractivity contribution in [1.29, 1.82) is 0 Å². The highest BCUT2D eigenvalue weighted by Gasteiger charge is 2.32. The van der Waals surface area contributed by atoms with Crippen LogP contribution < -0.4 is 14.8 Å². The van der Waals surface area contributed by atoms with Crippen molar-refractivity contribution in [3.8, 4) is 11.5 Å². The number of hydrogen-bond acceptors (Lipinski definition) is 7. The average Bonchev–Trinajstić information content (AvgIpc) is 2.97. The van der Waals surface area contributed by atoms with Crippen molar-refractivity contribution in [3.05, 3.63) is 22.2 Å². The van der Waals surface area contributed by atoms with Crippen LogP contribution in [0.25, 0.3) is 0 Å². The molecule has 1 aromatic rings. The van der Waals surface area contributed by atoms with Crippen molar-refractivity contribution in [3.63, 3.8) is 0 Å². The Balaban J connectivity index is 2.11. The van der Waals surface area contributed by atoms with Crippen LogP contribution in [-0.2, 0) is 9.59 Å². The van der Waals surface area contributed by atoms with Gasteiger partial charge in [0.05, 0.1) is 25.8 Å². The SMILES string of the molecule is CCCCOc1cc(Br)c(C=NN=C2NC(=O)C(CC(=O)O)S2)cc1OCC. The lowest BCUT2D eigenvalue weighted by Crippen LogP contribution is -2.26. The highest BCUT2D eigenvalue weighted by Crippen LogP contribution is 2.33. The molecule has 1 heterocycles. The van der Waals surface area contributed by atoms with Crippen LogP contribution in [0.4, 0.5) is 0 Å². The third kappa shape index (κ3) is 6.52. The molecule has 1 saturated heterocycles. The Hall–Kier alpha value is -2.07. The van der Waals surface area contributed by atoms with Gasteiger partial charge in [0.1, 0.15) is 5.25 Å². The number of nitrogens with one attached hydrogen (secondary N) is 1. The van der Waals surface area contributed by atoms with Gasteiger partial charge in [0.25, 0.3) is 0 Å². The van der Waals surface area contributed by atoms with Gasteiger partial charge in [-0.25, -0.2) is 0 Å². The number of carbonyl (C=O) groups is 2. The largest absolute Gasteiger partial charge is 0.490 e. The summed E-state index contributed by atoms with van der Waals surface area (Å²) in [6, 6.07) is 3.62. The molecule has 10 heteroatoms. The van der Waals surface area contributed by atoms with E-state index in [1.54, 1.807) is 6.07 Å². The first kappa shape index (κ1) is 22.2. The van der Waals surface area contributed by atoms with Gasteiger partial charge in [-0.2, -0.15) is 5.10 Å². The standard InChI is InChI=1S/C18H22BrN3O5S/c1-3-5-6-27-14-8-12(19)11(7-13(14)26-4-2)10-20-22-18-21-17(25)15(28-18)9-16(23)24/h7-8,10,15H,3-6,9H2,1-2H3,(H,23,24)(H,21,22,25). The zero-order valence-electron chi connectivity index (χ0n) is 15.6. The van der Waals surface area contributed by atoms with Gasteiger partial charge in [-0.05, 0) is 41.4 Å². The van der Waals surface area contributed by atoms with Crippen LogP contribution in [0.2, 0.25) is 0 Å². The molecule has 2 N–H and O–H groups in total. The van der Waals surface area contributed by atoms with Gasteiger partial charge in [-0.15, -0.1) is 5.10 Å². The van der Waals surface area contributed by atoms with Gasteiger partial charge in [-0.3, -0.25) is 9.59 Å². The number of aliphatic carboxylic acids is 1. The highest BCUT2D eigenvalue weighted by atomic mass is 79.9. The van der Waals surface area contributed by atoms with E-state index in [0.717, 1.165) is 34.6 Å². The van der Waals surface area contributed by atoms with E-state index in [9.17, 15) is 9.59 Å². The molecule has 0 aliphatic carbocycles. The van der Waals surface area contributed by atoms with Crippen molar-refractivity contribution in [2.45, 2.75) is 38.4 Å². The summed E-state index contributed by atoms with van der Waals surface area (Å²) >= 11 is 4.54. The van der Waals surface area contributed by atoms with Crippen molar-refractivity contribution in [2.24, 2.45) is 10.2 Å². The fourth-order valence-electron chi connectivity index (χ4n) is 2.25. The van der Waals surface area contributed by atoms with Crippen LogP contribution in [0.1, 0.15) is 38.7 Å². The fourth-order valence-corrected chi connectivity index (χ4v) is 3.59. The van der Waals surface area contributed by atoms with Crippen molar-refractivity contribution < 1.29 is 24.2 Å². The third-order valence-electron chi connectivity index (χ3n) is 3.60. The fraction of sp³-hybridized carbons (Fsp3) is 0.444. The maximum absolute atomic E-state index is 11.7. The lowest BCUT2D eigenvalue weighted by atomic mass is 10.2. The summed E-state index contributed by atoms with van der Waals surface area (Å²) in [5, 5.41) is 18.9. The molecule has 28 heavy (non-hydrogen) atoms. The minimum absolute atomic E-state index is 0.262. The second-order valence-corrected chi connectivity index (χ2v) is 7.84. The van der Waals surface area contributed by atoms with Gasteiger partial charge in [0.2, 0.25) is 5.91 Å². The Morgan fingerprint density at radius 2 is 2.11 bits per heavy atom. The highest BCUT2D eigenvalue weighted by molar-refractivity contribution is 9.10. The lowest BCUT2D eigenvalue weighted by Gasteiger charge is -2.13. The Morgan fingerprint density at radius 1 is 1.36 bits per heavy atom. The molecule has 0 bridgehead atoms. The van der Waals surface area contributed by atoms with Crippen LogP contribution in [0, 0.1) is 0 Å². The molecule has 152 valence electrons. The number of amidine groups is 1. The minimum atomic E-state index is -1.04. The maximum Gasteiger partial charge on any atom is 0.305 e. The third-order valence-corrected chi connectivity index (χ3v) is 5.36. The van der Waals surface area contributed by atoms with E-state index in [1.165, 1.54) is 6.21 Å². The number of carbonyl (C=O) groups excluding carboxylic acids is 1. The van der Waals surface area contributed by atoms with Crippen molar-refractivity contribution >= 4 is 51.0 Å². The second kappa shape index (κ2) is 11.1.